The number of pyridine rings is 1. The maximum Gasteiger partial charge on any atom is 0.133 e. The summed E-state index contributed by atoms with van der Waals surface area (Å²) >= 11 is 6.18. The second-order valence-electron chi connectivity index (χ2n) is 5.09. The lowest BCUT2D eigenvalue weighted by Crippen LogP contribution is -2.17. The second kappa shape index (κ2) is 6.00. The van der Waals surface area contributed by atoms with E-state index in [-0.39, 0.29) is 5.82 Å². The molecule has 1 aliphatic heterocycles. The Kier molecular flexibility index (Phi) is 4.08. The van der Waals surface area contributed by atoms with Gasteiger partial charge in [0.05, 0.1) is 5.02 Å². The van der Waals surface area contributed by atoms with Crippen molar-refractivity contribution in [1.82, 2.24) is 10.3 Å². The summed E-state index contributed by atoms with van der Waals surface area (Å²) < 4.78 is 13.5. The maximum absolute atomic E-state index is 13.5. The van der Waals surface area contributed by atoms with E-state index in [4.69, 9.17) is 11.6 Å². The predicted octanol–water partition coefficient (Wildman–Crippen LogP) is 3.68. The summed E-state index contributed by atoms with van der Waals surface area (Å²) in [5.74, 6) is 0.596. The van der Waals surface area contributed by atoms with Gasteiger partial charge in [-0.05, 0) is 42.3 Å². The first-order valence-corrected chi connectivity index (χ1v) is 7.48. The molecule has 0 amide bonds. The van der Waals surface area contributed by atoms with Crippen LogP contribution in [0.25, 0.3) is 0 Å². The predicted molar refractivity (Wildman–Crippen MR) is 83.7 cm³/mol. The standard InChI is InChI=1S/C16H17ClFN3/c1-2-19-9-12-7-16(20-10-14(12)17)21-6-5-11-3-4-13(18)8-15(11)21/h3-4,7-8,10,19H,2,5-6,9H2,1H3. The van der Waals surface area contributed by atoms with E-state index in [0.717, 1.165) is 42.1 Å². The molecule has 21 heavy (non-hydrogen) atoms. The van der Waals surface area contributed by atoms with E-state index >= 15 is 0 Å². The van der Waals surface area contributed by atoms with Gasteiger partial charge in [0.2, 0.25) is 0 Å². The SMILES string of the molecule is CCNCc1cc(N2CCc3ccc(F)cc32)ncc1Cl. The van der Waals surface area contributed by atoms with Gasteiger partial charge < -0.3 is 10.2 Å². The largest absolute Gasteiger partial charge is 0.326 e. The Bertz CT molecular complexity index is 660. The average molecular weight is 306 g/mol. The molecule has 2 aromatic rings. The molecular weight excluding hydrogens is 289 g/mol. The zero-order valence-electron chi connectivity index (χ0n) is 11.9. The normalized spacial score (nSPS) is 13.6. The number of rotatable bonds is 4. The Hall–Kier alpha value is -1.65. The number of hydrogen-bond acceptors (Lipinski definition) is 3. The van der Waals surface area contributed by atoms with Crippen LogP contribution < -0.4 is 10.2 Å². The fourth-order valence-electron chi connectivity index (χ4n) is 2.60. The topological polar surface area (TPSA) is 28.2 Å². The fourth-order valence-corrected chi connectivity index (χ4v) is 2.77. The molecule has 3 rings (SSSR count). The molecule has 0 bridgehead atoms. The average Bonchev–Trinajstić information content (AvgIpc) is 2.89. The van der Waals surface area contributed by atoms with Crippen molar-refractivity contribution in [3.8, 4) is 0 Å². The third-order valence-corrected chi connectivity index (χ3v) is 4.05. The molecule has 5 heteroatoms. The fraction of sp³-hybridized carbons (Fsp3) is 0.312. The molecule has 1 aliphatic rings. The molecule has 0 fully saturated rings. The van der Waals surface area contributed by atoms with E-state index in [1.165, 1.54) is 6.07 Å². The minimum atomic E-state index is -0.220. The van der Waals surface area contributed by atoms with Gasteiger partial charge >= 0.3 is 0 Å². The van der Waals surface area contributed by atoms with Crippen molar-refractivity contribution in [2.45, 2.75) is 19.9 Å². The first-order valence-electron chi connectivity index (χ1n) is 7.10. The highest BCUT2D eigenvalue weighted by Gasteiger charge is 2.22. The molecule has 0 radical (unpaired) electrons. The highest BCUT2D eigenvalue weighted by molar-refractivity contribution is 6.31. The lowest BCUT2D eigenvalue weighted by Gasteiger charge is -2.19. The molecule has 0 spiro atoms. The van der Waals surface area contributed by atoms with Crippen LogP contribution in [0.5, 0.6) is 0 Å². The van der Waals surface area contributed by atoms with Crippen molar-refractivity contribution in [2.24, 2.45) is 0 Å². The quantitative estimate of drug-likeness (QED) is 0.934. The summed E-state index contributed by atoms with van der Waals surface area (Å²) in [5.41, 5.74) is 3.06. The van der Waals surface area contributed by atoms with Crippen LogP contribution in [0.15, 0.2) is 30.5 Å². The number of hydrogen-bond donors (Lipinski definition) is 1. The number of aromatic nitrogens is 1. The number of nitrogens with zero attached hydrogens (tertiary/aromatic N) is 2. The second-order valence-corrected chi connectivity index (χ2v) is 5.50. The van der Waals surface area contributed by atoms with Gasteiger partial charge in [0.25, 0.3) is 0 Å². The van der Waals surface area contributed by atoms with Gasteiger partial charge in [-0.2, -0.15) is 0 Å². The Balaban J connectivity index is 1.94. The third kappa shape index (κ3) is 2.87. The van der Waals surface area contributed by atoms with Gasteiger partial charge in [-0.1, -0.05) is 24.6 Å². The highest BCUT2D eigenvalue weighted by atomic mass is 35.5. The molecule has 2 heterocycles. The van der Waals surface area contributed by atoms with Crippen LogP contribution in [-0.4, -0.2) is 18.1 Å². The van der Waals surface area contributed by atoms with Crippen molar-refractivity contribution in [2.75, 3.05) is 18.0 Å². The van der Waals surface area contributed by atoms with E-state index < -0.39 is 0 Å². The van der Waals surface area contributed by atoms with Crippen LogP contribution in [0, 0.1) is 5.82 Å². The number of fused-ring (bicyclic) bond motifs is 1. The molecule has 0 unspecified atom stereocenters. The minimum absolute atomic E-state index is 0.220. The van der Waals surface area contributed by atoms with E-state index in [1.54, 1.807) is 12.3 Å². The Morgan fingerprint density at radius 3 is 3.05 bits per heavy atom. The van der Waals surface area contributed by atoms with Crippen LogP contribution in [-0.2, 0) is 13.0 Å². The van der Waals surface area contributed by atoms with E-state index in [2.05, 4.69) is 17.2 Å². The first kappa shape index (κ1) is 14.3. The molecular formula is C16H17ClFN3. The van der Waals surface area contributed by atoms with Gasteiger partial charge in [0.15, 0.2) is 0 Å². The Morgan fingerprint density at radius 2 is 2.24 bits per heavy atom. The van der Waals surface area contributed by atoms with E-state index in [9.17, 15) is 4.39 Å². The van der Waals surface area contributed by atoms with Gasteiger partial charge in [0, 0.05) is 25.0 Å². The van der Waals surface area contributed by atoms with Crippen molar-refractivity contribution in [3.63, 3.8) is 0 Å². The maximum atomic E-state index is 13.5. The minimum Gasteiger partial charge on any atom is -0.326 e. The number of nitrogens with one attached hydrogen (secondary N) is 1. The van der Waals surface area contributed by atoms with Gasteiger partial charge in [-0.25, -0.2) is 9.37 Å². The molecule has 0 saturated heterocycles. The van der Waals surface area contributed by atoms with Crippen LogP contribution in [0.2, 0.25) is 5.02 Å². The number of anilines is 2. The van der Waals surface area contributed by atoms with E-state index in [0.29, 0.717) is 11.6 Å². The van der Waals surface area contributed by atoms with Crippen LogP contribution in [0.4, 0.5) is 15.9 Å². The van der Waals surface area contributed by atoms with Crippen molar-refractivity contribution in [1.29, 1.82) is 0 Å². The molecule has 1 aromatic carbocycles. The summed E-state index contributed by atoms with van der Waals surface area (Å²) in [6.07, 6.45) is 2.57. The van der Waals surface area contributed by atoms with Crippen molar-refractivity contribution in [3.05, 3.63) is 52.4 Å². The molecule has 0 saturated carbocycles. The summed E-state index contributed by atoms with van der Waals surface area (Å²) in [7, 11) is 0. The monoisotopic (exact) mass is 305 g/mol. The molecule has 0 aliphatic carbocycles. The summed E-state index contributed by atoms with van der Waals surface area (Å²) in [5, 5.41) is 3.91. The van der Waals surface area contributed by atoms with Crippen LogP contribution in [0.1, 0.15) is 18.1 Å². The molecule has 3 nitrogen and oxygen atoms in total. The Morgan fingerprint density at radius 1 is 1.38 bits per heavy atom. The molecule has 1 N–H and O–H groups in total. The molecule has 1 aromatic heterocycles. The summed E-state index contributed by atoms with van der Waals surface area (Å²) in [4.78, 5) is 6.45. The Labute approximate surface area is 128 Å². The zero-order chi connectivity index (χ0) is 14.8. The lowest BCUT2D eigenvalue weighted by molar-refractivity contribution is 0.628. The van der Waals surface area contributed by atoms with Gasteiger partial charge in [0.1, 0.15) is 11.6 Å². The summed E-state index contributed by atoms with van der Waals surface area (Å²) in [6, 6.07) is 6.90. The smallest absolute Gasteiger partial charge is 0.133 e. The zero-order valence-corrected chi connectivity index (χ0v) is 12.6. The van der Waals surface area contributed by atoms with Crippen molar-refractivity contribution >= 4 is 23.1 Å². The van der Waals surface area contributed by atoms with E-state index in [1.807, 2.05) is 17.0 Å². The molecule has 110 valence electrons. The van der Waals surface area contributed by atoms with Crippen molar-refractivity contribution < 1.29 is 4.39 Å². The van der Waals surface area contributed by atoms with Crippen LogP contribution in [0.3, 0.4) is 0 Å². The third-order valence-electron chi connectivity index (χ3n) is 3.71. The number of benzene rings is 1. The van der Waals surface area contributed by atoms with Gasteiger partial charge in [-0.15, -0.1) is 0 Å². The highest BCUT2D eigenvalue weighted by Crippen LogP contribution is 2.35. The lowest BCUT2D eigenvalue weighted by atomic mass is 10.1. The molecule has 0 atom stereocenters. The van der Waals surface area contributed by atoms with Crippen LogP contribution >= 0.6 is 11.6 Å². The first-order chi connectivity index (χ1) is 10.2. The number of halogens is 2. The van der Waals surface area contributed by atoms with Gasteiger partial charge in [-0.3, -0.25) is 0 Å². The summed E-state index contributed by atoms with van der Waals surface area (Å²) in [6.45, 7) is 4.45.